The Morgan fingerprint density at radius 2 is 1.90 bits per heavy atom. The predicted molar refractivity (Wildman–Crippen MR) is 117 cm³/mol. The zero-order valence-corrected chi connectivity index (χ0v) is 18.1. The van der Waals surface area contributed by atoms with Crippen molar-refractivity contribution in [2.45, 2.75) is 89.0 Å². The Bertz CT molecular complexity index is 804. The van der Waals surface area contributed by atoms with Crippen LogP contribution in [0.3, 0.4) is 0 Å². The summed E-state index contributed by atoms with van der Waals surface area (Å²) in [7, 11) is 0. The number of nitrogens with one attached hydrogen (secondary N) is 1. The third-order valence-electron chi connectivity index (χ3n) is 9.85. The van der Waals surface area contributed by atoms with Crippen LogP contribution < -0.4 is 5.32 Å². The quantitative estimate of drug-likeness (QED) is 0.679. The monoisotopic (exact) mass is 391 g/mol. The molecule has 7 atom stereocenters. The van der Waals surface area contributed by atoms with Crippen molar-refractivity contribution >= 4 is 5.78 Å². The number of ketones is 1. The van der Waals surface area contributed by atoms with Gasteiger partial charge in [0.2, 0.25) is 0 Å². The summed E-state index contributed by atoms with van der Waals surface area (Å²) in [5, 5.41) is 3.69. The molecule has 29 heavy (non-hydrogen) atoms. The largest absolute Gasteiger partial charge is 0.313 e. The van der Waals surface area contributed by atoms with Crippen LogP contribution >= 0.6 is 0 Å². The second-order valence-corrected chi connectivity index (χ2v) is 11.9. The summed E-state index contributed by atoms with van der Waals surface area (Å²) in [6, 6.07) is 11.9. The van der Waals surface area contributed by atoms with E-state index in [-0.39, 0.29) is 10.8 Å². The van der Waals surface area contributed by atoms with E-state index in [0.29, 0.717) is 23.2 Å². The van der Waals surface area contributed by atoms with Crippen LogP contribution in [-0.4, -0.2) is 18.4 Å². The van der Waals surface area contributed by atoms with Crippen LogP contribution in [0.25, 0.3) is 0 Å². The molecule has 1 heterocycles. The first-order valence-corrected chi connectivity index (χ1v) is 12.4. The SMILES string of the molecule is CCC[C@]12CC3CC(C(=O)CC4CC5CNC4C5)(C1)C[C@@](c1ccccc1)(C3)C2. The van der Waals surface area contributed by atoms with Gasteiger partial charge in [-0.3, -0.25) is 4.79 Å². The smallest absolute Gasteiger partial charge is 0.139 e. The lowest BCUT2D eigenvalue weighted by atomic mass is 9.37. The van der Waals surface area contributed by atoms with E-state index in [4.69, 9.17) is 0 Å². The van der Waals surface area contributed by atoms with Crippen LogP contribution in [0.15, 0.2) is 30.3 Å². The van der Waals surface area contributed by atoms with E-state index in [0.717, 1.165) is 24.7 Å². The molecule has 2 heteroatoms. The average Bonchev–Trinajstić information content (AvgIpc) is 3.31. The van der Waals surface area contributed by atoms with Gasteiger partial charge in [-0.05, 0) is 98.5 Å². The maximum atomic E-state index is 14.0. The molecule has 2 nitrogen and oxygen atoms in total. The average molecular weight is 392 g/mol. The molecule has 1 aromatic carbocycles. The Morgan fingerprint density at radius 3 is 2.62 bits per heavy atom. The minimum Gasteiger partial charge on any atom is -0.313 e. The Morgan fingerprint density at radius 1 is 1.03 bits per heavy atom. The zero-order valence-electron chi connectivity index (χ0n) is 18.1. The van der Waals surface area contributed by atoms with E-state index in [1.165, 1.54) is 69.9 Å². The van der Waals surface area contributed by atoms with Gasteiger partial charge in [0.25, 0.3) is 0 Å². The Kier molecular flexibility index (Phi) is 4.12. The summed E-state index contributed by atoms with van der Waals surface area (Å²) >= 11 is 0. The third kappa shape index (κ3) is 2.81. The summed E-state index contributed by atoms with van der Waals surface area (Å²) in [4.78, 5) is 14.0. The van der Waals surface area contributed by atoms with E-state index < -0.39 is 0 Å². The Balaban J connectivity index is 1.34. The number of hydrogen-bond acceptors (Lipinski definition) is 2. The van der Waals surface area contributed by atoms with Crippen LogP contribution in [0.5, 0.6) is 0 Å². The second-order valence-electron chi connectivity index (χ2n) is 11.9. The number of carbonyl (C=O) groups is 1. The third-order valence-corrected chi connectivity index (χ3v) is 9.85. The molecule has 6 bridgehead atoms. The summed E-state index contributed by atoms with van der Waals surface area (Å²) in [6.07, 6.45) is 13.6. The fourth-order valence-electron chi connectivity index (χ4n) is 9.53. The van der Waals surface area contributed by atoms with Gasteiger partial charge in [0.15, 0.2) is 0 Å². The molecule has 0 aromatic heterocycles. The summed E-state index contributed by atoms with van der Waals surface area (Å²) in [5.74, 6) is 2.88. The molecule has 0 amide bonds. The fraction of sp³-hybridized carbons (Fsp3) is 0.741. The van der Waals surface area contributed by atoms with Gasteiger partial charge >= 0.3 is 0 Å². The van der Waals surface area contributed by atoms with Gasteiger partial charge in [-0.25, -0.2) is 0 Å². The number of Topliss-reactive ketones (excluding diaryl/α,β-unsaturated/α-hetero) is 1. The van der Waals surface area contributed by atoms with Gasteiger partial charge in [0, 0.05) is 17.9 Å². The fourth-order valence-corrected chi connectivity index (χ4v) is 9.53. The molecule has 5 aliphatic carbocycles. The molecule has 1 aliphatic heterocycles. The minimum absolute atomic E-state index is 0.0216. The summed E-state index contributed by atoms with van der Waals surface area (Å²) < 4.78 is 0. The molecule has 6 fully saturated rings. The van der Waals surface area contributed by atoms with Crippen LogP contribution in [0.2, 0.25) is 0 Å². The van der Waals surface area contributed by atoms with Crippen molar-refractivity contribution in [1.29, 1.82) is 0 Å². The van der Waals surface area contributed by atoms with Crippen molar-refractivity contribution in [2.75, 3.05) is 6.54 Å². The molecule has 5 unspecified atom stereocenters. The highest BCUT2D eigenvalue weighted by atomic mass is 16.1. The van der Waals surface area contributed by atoms with Crippen molar-refractivity contribution in [2.24, 2.45) is 28.6 Å². The van der Waals surface area contributed by atoms with Crippen molar-refractivity contribution in [3.8, 4) is 0 Å². The van der Waals surface area contributed by atoms with Crippen molar-refractivity contribution < 1.29 is 4.79 Å². The maximum Gasteiger partial charge on any atom is 0.139 e. The number of benzene rings is 1. The second kappa shape index (κ2) is 6.42. The molecule has 0 spiro atoms. The highest BCUT2D eigenvalue weighted by Gasteiger charge is 2.65. The first-order chi connectivity index (χ1) is 14.0. The molecule has 156 valence electrons. The summed E-state index contributed by atoms with van der Waals surface area (Å²) in [6.45, 7) is 3.54. The van der Waals surface area contributed by atoms with Crippen LogP contribution in [0.1, 0.15) is 83.1 Å². The first-order valence-electron chi connectivity index (χ1n) is 12.4. The molecule has 5 saturated carbocycles. The molecule has 1 saturated heterocycles. The topological polar surface area (TPSA) is 29.1 Å². The lowest BCUT2D eigenvalue weighted by Crippen LogP contribution is -2.61. The van der Waals surface area contributed by atoms with Crippen molar-refractivity contribution in [3.05, 3.63) is 35.9 Å². The first kappa shape index (κ1) is 18.6. The van der Waals surface area contributed by atoms with Gasteiger partial charge in [-0.1, -0.05) is 43.7 Å². The van der Waals surface area contributed by atoms with E-state index in [1.807, 2.05) is 0 Å². The van der Waals surface area contributed by atoms with E-state index in [9.17, 15) is 4.79 Å². The molecule has 7 rings (SSSR count). The molecule has 6 aliphatic rings. The lowest BCUT2D eigenvalue weighted by molar-refractivity contribution is -0.162. The number of hydrogen-bond donors (Lipinski definition) is 1. The molecule has 1 N–H and O–H groups in total. The van der Waals surface area contributed by atoms with Gasteiger partial charge in [0.1, 0.15) is 5.78 Å². The van der Waals surface area contributed by atoms with E-state index >= 15 is 0 Å². The van der Waals surface area contributed by atoms with Gasteiger partial charge in [-0.2, -0.15) is 0 Å². The highest BCUT2D eigenvalue weighted by Crippen LogP contribution is 2.71. The zero-order chi connectivity index (χ0) is 19.7. The predicted octanol–water partition coefficient (Wildman–Crippen LogP) is 5.65. The molecular weight excluding hydrogens is 354 g/mol. The standard InChI is InChI=1S/C27H37NO/c1-2-8-25-12-20-13-26(16-25,22-6-4-3-5-7-22)18-27(14-20,17-25)24(29)11-21-9-19-10-23(21)28-15-19/h3-7,19-21,23,28H,2,8-18H2,1H3/t19?,20?,21?,23?,25-,26-,27?/m1/s1. The van der Waals surface area contributed by atoms with Gasteiger partial charge in [0.05, 0.1) is 0 Å². The Labute approximate surface area is 176 Å². The van der Waals surface area contributed by atoms with Gasteiger partial charge in [-0.15, -0.1) is 0 Å². The summed E-state index contributed by atoms with van der Waals surface area (Å²) in [5.41, 5.74) is 2.19. The minimum atomic E-state index is -0.0216. The van der Waals surface area contributed by atoms with E-state index in [1.54, 1.807) is 0 Å². The normalized spacial score (nSPS) is 47.1. The van der Waals surface area contributed by atoms with E-state index in [2.05, 4.69) is 42.6 Å². The van der Waals surface area contributed by atoms with Gasteiger partial charge < -0.3 is 5.32 Å². The van der Waals surface area contributed by atoms with Crippen molar-refractivity contribution in [1.82, 2.24) is 5.32 Å². The number of carbonyl (C=O) groups excluding carboxylic acids is 1. The van der Waals surface area contributed by atoms with Crippen molar-refractivity contribution in [3.63, 3.8) is 0 Å². The lowest BCUT2D eigenvalue weighted by Gasteiger charge is -2.67. The molecule has 1 aromatic rings. The number of fused-ring (bicyclic) bond motifs is 2. The Hall–Kier alpha value is -1.15. The molecule has 0 radical (unpaired) electrons. The van der Waals surface area contributed by atoms with Crippen LogP contribution in [0.4, 0.5) is 0 Å². The number of rotatable bonds is 6. The number of piperidine rings is 1. The maximum absolute atomic E-state index is 14.0. The molecular formula is C27H37NO. The highest BCUT2D eigenvalue weighted by molar-refractivity contribution is 5.86. The van der Waals surface area contributed by atoms with Crippen LogP contribution in [-0.2, 0) is 10.2 Å². The van der Waals surface area contributed by atoms with Crippen LogP contribution in [0, 0.1) is 28.6 Å².